The van der Waals surface area contributed by atoms with Crippen LogP contribution in [0.15, 0.2) is 48.7 Å². The van der Waals surface area contributed by atoms with Crippen LogP contribution in [0.25, 0.3) is 11.3 Å². The Balaban J connectivity index is 1.68. The summed E-state index contributed by atoms with van der Waals surface area (Å²) in [5, 5.41) is 9.70. The Labute approximate surface area is 146 Å². The van der Waals surface area contributed by atoms with E-state index in [1.54, 1.807) is 19.4 Å². The molecule has 0 atom stereocenters. The molecule has 6 heteroatoms. The van der Waals surface area contributed by atoms with Crippen molar-refractivity contribution >= 4 is 11.6 Å². The average molecular weight is 336 g/mol. The first-order valence-electron chi connectivity index (χ1n) is 7.89. The maximum atomic E-state index is 12.4. The van der Waals surface area contributed by atoms with Crippen LogP contribution in [0, 0.1) is 6.92 Å². The topological polar surface area (TPSA) is 93.0 Å². The Morgan fingerprint density at radius 2 is 2.00 bits per heavy atom. The first-order valence-corrected chi connectivity index (χ1v) is 7.89. The Bertz CT molecular complexity index is 885. The van der Waals surface area contributed by atoms with Crippen LogP contribution in [0.2, 0.25) is 0 Å². The van der Waals surface area contributed by atoms with Gasteiger partial charge in [0.25, 0.3) is 5.91 Å². The quantitative estimate of drug-likeness (QED) is 0.668. The maximum Gasteiger partial charge on any atom is 0.255 e. The number of aryl methyl sites for hydroxylation is 1. The highest BCUT2D eigenvalue weighted by atomic mass is 16.5. The molecule has 0 spiro atoms. The molecule has 0 saturated heterocycles. The molecular formula is C19H20N4O2. The maximum absolute atomic E-state index is 12.4. The van der Waals surface area contributed by atoms with Crippen molar-refractivity contribution in [3.63, 3.8) is 0 Å². The van der Waals surface area contributed by atoms with E-state index in [2.05, 4.69) is 15.5 Å². The summed E-state index contributed by atoms with van der Waals surface area (Å²) in [6.07, 6.45) is 1.58. The number of rotatable bonds is 5. The number of aromatic amines is 1. The lowest BCUT2D eigenvalue weighted by Gasteiger charge is -2.10. The standard InChI is InChI=1S/C19H20N4O2/c1-12-3-8-15(17(9-12)25-2)19(24)21-10-13-4-6-14(7-5-13)18-16(20)11-22-23-18/h3-9,11H,10,20H2,1-2H3,(H,21,24)(H,22,23). The molecule has 0 radical (unpaired) electrons. The molecule has 128 valence electrons. The second-order valence-electron chi connectivity index (χ2n) is 5.78. The van der Waals surface area contributed by atoms with Crippen LogP contribution in [0.1, 0.15) is 21.5 Å². The molecule has 0 saturated carbocycles. The summed E-state index contributed by atoms with van der Waals surface area (Å²) < 4.78 is 5.29. The molecule has 6 nitrogen and oxygen atoms in total. The van der Waals surface area contributed by atoms with Crippen molar-refractivity contribution in [3.8, 4) is 17.0 Å². The molecule has 1 amide bonds. The van der Waals surface area contributed by atoms with Gasteiger partial charge in [0.15, 0.2) is 0 Å². The van der Waals surface area contributed by atoms with Crippen LogP contribution < -0.4 is 15.8 Å². The van der Waals surface area contributed by atoms with E-state index >= 15 is 0 Å². The number of anilines is 1. The zero-order valence-electron chi connectivity index (χ0n) is 14.2. The highest BCUT2D eigenvalue weighted by Crippen LogP contribution is 2.23. The molecule has 1 aromatic heterocycles. The summed E-state index contributed by atoms with van der Waals surface area (Å²) in [5.41, 5.74) is 10.7. The van der Waals surface area contributed by atoms with Gasteiger partial charge in [-0.1, -0.05) is 30.3 Å². The van der Waals surface area contributed by atoms with Crippen molar-refractivity contribution < 1.29 is 9.53 Å². The van der Waals surface area contributed by atoms with E-state index in [1.807, 2.05) is 43.3 Å². The third-order valence-electron chi connectivity index (χ3n) is 3.97. The van der Waals surface area contributed by atoms with E-state index in [4.69, 9.17) is 10.5 Å². The summed E-state index contributed by atoms with van der Waals surface area (Å²) in [6, 6.07) is 13.3. The smallest absolute Gasteiger partial charge is 0.255 e. The van der Waals surface area contributed by atoms with Crippen molar-refractivity contribution in [1.82, 2.24) is 15.5 Å². The number of nitrogens with one attached hydrogen (secondary N) is 2. The van der Waals surface area contributed by atoms with Gasteiger partial charge >= 0.3 is 0 Å². The Kier molecular flexibility index (Phi) is 4.70. The van der Waals surface area contributed by atoms with E-state index in [1.165, 1.54) is 0 Å². The summed E-state index contributed by atoms with van der Waals surface area (Å²) in [5.74, 6) is 0.404. The summed E-state index contributed by atoms with van der Waals surface area (Å²) in [6.45, 7) is 2.38. The minimum absolute atomic E-state index is 0.168. The summed E-state index contributed by atoms with van der Waals surface area (Å²) in [4.78, 5) is 12.4. The van der Waals surface area contributed by atoms with Crippen molar-refractivity contribution in [2.75, 3.05) is 12.8 Å². The molecule has 25 heavy (non-hydrogen) atoms. The van der Waals surface area contributed by atoms with E-state index < -0.39 is 0 Å². The van der Waals surface area contributed by atoms with Gasteiger partial charge in [0.05, 0.1) is 30.3 Å². The molecule has 0 fully saturated rings. The minimum atomic E-state index is -0.168. The number of nitrogen functional groups attached to an aromatic ring is 1. The van der Waals surface area contributed by atoms with Crippen LogP contribution in [0.4, 0.5) is 5.69 Å². The molecule has 1 heterocycles. The molecular weight excluding hydrogens is 316 g/mol. The van der Waals surface area contributed by atoms with E-state index in [0.717, 1.165) is 22.4 Å². The largest absolute Gasteiger partial charge is 0.496 e. The van der Waals surface area contributed by atoms with Crippen LogP contribution in [0.5, 0.6) is 5.75 Å². The lowest BCUT2D eigenvalue weighted by atomic mass is 10.1. The number of carbonyl (C=O) groups is 1. The number of nitrogens with zero attached hydrogens (tertiary/aromatic N) is 1. The van der Waals surface area contributed by atoms with E-state index in [-0.39, 0.29) is 5.91 Å². The van der Waals surface area contributed by atoms with E-state index in [9.17, 15) is 4.79 Å². The minimum Gasteiger partial charge on any atom is -0.496 e. The molecule has 2 aromatic carbocycles. The Hall–Kier alpha value is -3.28. The number of methoxy groups -OCH3 is 1. The number of aromatic nitrogens is 2. The number of carbonyl (C=O) groups excluding carboxylic acids is 1. The number of hydrogen-bond donors (Lipinski definition) is 3. The van der Waals surface area contributed by atoms with Crippen molar-refractivity contribution in [1.29, 1.82) is 0 Å². The van der Waals surface area contributed by atoms with Crippen LogP contribution in [0.3, 0.4) is 0 Å². The summed E-state index contributed by atoms with van der Waals surface area (Å²) >= 11 is 0. The van der Waals surface area contributed by atoms with Gasteiger partial charge in [-0.2, -0.15) is 5.10 Å². The molecule has 0 aliphatic carbocycles. The van der Waals surface area contributed by atoms with Gasteiger partial charge in [0.2, 0.25) is 0 Å². The number of hydrogen-bond acceptors (Lipinski definition) is 4. The third kappa shape index (κ3) is 3.63. The van der Waals surface area contributed by atoms with Gasteiger partial charge in [-0.25, -0.2) is 0 Å². The lowest BCUT2D eigenvalue weighted by molar-refractivity contribution is 0.0948. The Morgan fingerprint density at radius 1 is 1.24 bits per heavy atom. The molecule has 0 aliphatic heterocycles. The monoisotopic (exact) mass is 336 g/mol. The predicted molar refractivity (Wildman–Crippen MR) is 97.3 cm³/mol. The highest BCUT2D eigenvalue weighted by Gasteiger charge is 2.12. The number of amides is 1. The van der Waals surface area contributed by atoms with Crippen LogP contribution in [-0.2, 0) is 6.54 Å². The molecule has 0 unspecified atom stereocenters. The number of nitrogens with two attached hydrogens (primary N) is 1. The van der Waals surface area contributed by atoms with Crippen molar-refractivity contribution in [2.45, 2.75) is 13.5 Å². The molecule has 0 bridgehead atoms. The fourth-order valence-electron chi connectivity index (χ4n) is 2.58. The first-order chi connectivity index (χ1) is 12.1. The SMILES string of the molecule is COc1cc(C)ccc1C(=O)NCc1ccc(-c2[nH]ncc2N)cc1. The number of benzene rings is 2. The number of H-pyrrole nitrogens is 1. The van der Waals surface area contributed by atoms with Gasteiger partial charge in [-0.3, -0.25) is 9.89 Å². The second-order valence-corrected chi connectivity index (χ2v) is 5.78. The summed E-state index contributed by atoms with van der Waals surface area (Å²) in [7, 11) is 1.56. The van der Waals surface area contributed by atoms with Crippen molar-refractivity contribution in [2.24, 2.45) is 0 Å². The number of ether oxygens (including phenoxy) is 1. The van der Waals surface area contributed by atoms with Gasteiger partial charge in [-0.15, -0.1) is 0 Å². The fourth-order valence-corrected chi connectivity index (χ4v) is 2.58. The fraction of sp³-hybridized carbons (Fsp3) is 0.158. The van der Waals surface area contributed by atoms with Crippen molar-refractivity contribution in [3.05, 3.63) is 65.4 Å². The zero-order valence-corrected chi connectivity index (χ0v) is 14.2. The highest BCUT2D eigenvalue weighted by molar-refractivity contribution is 5.97. The van der Waals surface area contributed by atoms with Crippen LogP contribution >= 0.6 is 0 Å². The molecule has 0 aliphatic rings. The lowest BCUT2D eigenvalue weighted by Crippen LogP contribution is -2.23. The normalized spacial score (nSPS) is 10.5. The Morgan fingerprint density at radius 3 is 2.64 bits per heavy atom. The second kappa shape index (κ2) is 7.09. The molecule has 3 aromatic rings. The first kappa shape index (κ1) is 16.6. The zero-order chi connectivity index (χ0) is 17.8. The average Bonchev–Trinajstić information content (AvgIpc) is 3.06. The molecule has 4 N–H and O–H groups in total. The third-order valence-corrected chi connectivity index (χ3v) is 3.97. The van der Waals surface area contributed by atoms with Gasteiger partial charge < -0.3 is 15.8 Å². The van der Waals surface area contributed by atoms with E-state index in [0.29, 0.717) is 23.5 Å². The van der Waals surface area contributed by atoms with Gasteiger partial charge in [-0.05, 0) is 30.2 Å². The van der Waals surface area contributed by atoms with Crippen LogP contribution in [-0.4, -0.2) is 23.2 Å². The van der Waals surface area contributed by atoms with Gasteiger partial charge in [0.1, 0.15) is 5.75 Å². The van der Waals surface area contributed by atoms with Gasteiger partial charge in [0, 0.05) is 12.1 Å². The molecule has 3 rings (SSSR count). The predicted octanol–water partition coefficient (Wildman–Crippen LogP) is 2.91.